The third-order valence-electron chi connectivity index (χ3n) is 2.70. The van der Waals surface area contributed by atoms with Gasteiger partial charge in [0, 0.05) is 18.0 Å². The van der Waals surface area contributed by atoms with Crippen molar-refractivity contribution in [3.05, 3.63) is 22.4 Å². The zero-order valence-corrected chi connectivity index (χ0v) is 9.10. The number of rotatable bonds is 3. The first-order valence-electron chi connectivity index (χ1n) is 5.23. The molecule has 0 aromatic carbocycles. The van der Waals surface area contributed by atoms with Crippen LogP contribution in [0.5, 0.6) is 0 Å². The summed E-state index contributed by atoms with van der Waals surface area (Å²) in [5.74, 6) is 0. The van der Waals surface area contributed by atoms with E-state index in [-0.39, 0.29) is 0 Å². The monoisotopic (exact) mass is 213 g/mol. The van der Waals surface area contributed by atoms with Crippen LogP contribution in [0.4, 0.5) is 4.39 Å². The maximum atomic E-state index is 13.1. The maximum absolute atomic E-state index is 13.1. The van der Waals surface area contributed by atoms with Gasteiger partial charge >= 0.3 is 0 Å². The molecule has 0 amide bonds. The third-order valence-corrected chi connectivity index (χ3v) is 3.64. The number of nitrogens with zero attached hydrogens (tertiary/aromatic N) is 1. The number of thiophene rings is 1. The Morgan fingerprint density at radius 3 is 3.21 bits per heavy atom. The van der Waals surface area contributed by atoms with Crippen molar-refractivity contribution in [2.75, 3.05) is 19.6 Å². The highest BCUT2D eigenvalue weighted by atomic mass is 32.1. The van der Waals surface area contributed by atoms with Gasteiger partial charge in [-0.2, -0.15) is 0 Å². The van der Waals surface area contributed by atoms with Crippen molar-refractivity contribution in [2.24, 2.45) is 0 Å². The van der Waals surface area contributed by atoms with E-state index in [0.717, 1.165) is 32.4 Å². The molecule has 0 aliphatic carbocycles. The van der Waals surface area contributed by atoms with E-state index in [4.69, 9.17) is 0 Å². The normalized spacial score (nSPS) is 23.9. The van der Waals surface area contributed by atoms with Gasteiger partial charge in [0.15, 0.2) is 0 Å². The molecule has 1 aromatic rings. The highest BCUT2D eigenvalue weighted by Gasteiger charge is 2.18. The van der Waals surface area contributed by atoms with Crippen LogP contribution in [0.15, 0.2) is 17.5 Å². The minimum atomic E-state index is -0.591. The molecule has 1 fully saturated rings. The highest BCUT2D eigenvalue weighted by Crippen LogP contribution is 2.15. The van der Waals surface area contributed by atoms with Gasteiger partial charge in [0.1, 0.15) is 6.17 Å². The zero-order valence-electron chi connectivity index (χ0n) is 8.29. The predicted octanol–water partition coefficient (Wildman–Crippen LogP) is 2.72. The molecule has 0 saturated carbocycles. The van der Waals surface area contributed by atoms with E-state index in [1.54, 1.807) is 11.3 Å². The van der Waals surface area contributed by atoms with Crippen LogP contribution < -0.4 is 0 Å². The van der Waals surface area contributed by atoms with Crippen molar-refractivity contribution in [2.45, 2.75) is 25.4 Å². The predicted molar refractivity (Wildman–Crippen MR) is 58.6 cm³/mol. The third kappa shape index (κ3) is 2.79. The number of hydrogen-bond acceptors (Lipinski definition) is 2. The molecule has 1 atom stereocenters. The number of likely N-dealkylation sites (tertiary alicyclic amines) is 1. The maximum Gasteiger partial charge on any atom is 0.113 e. The summed E-state index contributed by atoms with van der Waals surface area (Å²) in [5.41, 5.74) is 0. The van der Waals surface area contributed by atoms with Crippen LogP contribution in [0.25, 0.3) is 0 Å². The summed E-state index contributed by atoms with van der Waals surface area (Å²) in [5, 5.41) is 2.10. The van der Waals surface area contributed by atoms with Gasteiger partial charge in [-0.25, -0.2) is 4.39 Å². The van der Waals surface area contributed by atoms with Crippen LogP contribution in [-0.2, 0) is 6.42 Å². The molecule has 1 aliphatic rings. The number of halogens is 1. The molecule has 3 heteroatoms. The van der Waals surface area contributed by atoms with E-state index in [1.807, 2.05) is 0 Å². The van der Waals surface area contributed by atoms with Crippen molar-refractivity contribution in [1.82, 2.24) is 4.90 Å². The van der Waals surface area contributed by atoms with Crippen molar-refractivity contribution in [3.8, 4) is 0 Å². The lowest BCUT2D eigenvalue weighted by Crippen LogP contribution is -2.37. The Hall–Kier alpha value is -0.410. The second-order valence-corrected chi connectivity index (χ2v) is 4.90. The molecular formula is C11H16FNS. The Kier molecular flexibility index (Phi) is 3.54. The van der Waals surface area contributed by atoms with Gasteiger partial charge in [-0.15, -0.1) is 11.3 Å². The van der Waals surface area contributed by atoms with Gasteiger partial charge in [-0.05, 0) is 37.3 Å². The summed E-state index contributed by atoms with van der Waals surface area (Å²) in [6.07, 6.45) is 2.26. The highest BCUT2D eigenvalue weighted by molar-refractivity contribution is 7.09. The lowest BCUT2D eigenvalue weighted by atomic mass is 10.1. The molecular weight excluding hydrogens is 197 g/mol. The zero-order chi connectivity index (χ0) is 9.80. The van der Waals surface area contributed by atoms with Crippen LogP contribution in [0.1, 0.15) is 17.7 Å². The van der Waals surface area contributed by atoms with Crippen molar-refractivity contribution in [1.29, 1.82) is 0 Å². The molecule has 0 radical (unpaired) electrons. The molecule has 1 unspecified atom stereocenters. The Morgan fingerprint density at radius 1 is 1.57 bits per heavy atom. The molecule has 14 heavy (non-hydrogen) atoms. The molecule has 1 saturated heterocycles. The van der Waals surface area contributed by atoms with Crippen LogP contribution >= 0.6 is 11.3 Å². The molecule has 0 N–H and O–H groups in total. The van der Waals surface area contributed by atoms with Crippen molar-refractivity contribution >= 4 is 11.3 Å². The van der Waals surface area contributed by atoms with Gasteiger partial charge in [0.2, 0.25) is 0 Å². The first-order valence-corrected chi connectivity index (χ1v) is 6.11. The number of piperidine rings is 1. The second kappa shape index (κ2) is 4.89. The molecule has 1 nitrogen and oxygen atoms in total. The van der Waals surface area contributed by atoms with E-state index < -0.39 is 6.17 Å². The standard InChI is InChI=1S/C11H16FNS/c12-10-3-1-6-13(9-10)7-5-11-4-2-8-14-11/h2,4,8,10H,1,3,5-7,9H2. The lowest BCUT2D eigenvalue weighted by molar-refractivity contribution is 0.140. The summed E-state index contributed by atoms with van der Waals surface area (Å²) >= 11 is 1.79. The van der Waals surface area contributed by atoms with Crippen LogP contribution in [0.3, 0.4) is 0 Å². The van der Waals surface area contributed by atoms with Crippen molar-refractivity contribution < 1.29 is 4.39 Å². The van der Waals surface area contributed by atoms with E-state index in [2.05, 4.69) is 22.4 Å². The first-order chi connectivity index (χ1) is 6.84. The van der Waals surface area contributed by atoms with E-state index in [0.29, 0.717) is 6.54 Å². The summed E-state index contributed by atoms with van der Waals surface area (Å²) < 4.78 is 13.1. The smallest absolute Gasteiger partial charge is 0.113 e. The average molecular weight is 213 g/mol. The fourth-order valence-electron chi connectivity index (χ4n) is 1.93. The minimum absolute atomic E-state index is 0.591. The quantitative estimate of drug-likeness (QED) is 0.746. The Balaban J connectivity index is 1.75. The molecule has 1 aliphatic heterocycles. The molecule has 2 heterocycles. The Morgan fingerprint density at radius 2 is 2.50 bits per heavy atom. The SMILES string of the molecule is FC1CCCN(CCc2cccs2)C1. The van der Waals surface area contributed by atoms with Crippen LogP contribution in [0, 0.1) is 0 Å². The van der Waals surface area contributed by atoms with E-state index >= 15 is 0 Å². The Labute approximate surface area is 88.5 Å². The van der Waals surface area contributed by atoms with Crippen LogP contribution in [0.2, 0.25) is 0 Å². The van der Waals surface area contributed by atoms with E-state index in [9.17, 15) is 4.39 Å². The summed E-state index contributed by atoms with van der Waals surface area (Å²) in [6, 6.07) is 4.23. The van der Waals surface area contributed by atoms with Gasteiger partial charge in [0.05, 0.1) is 0 Å². The molecule has 0 spiro atoms. The van der Waals surface area contributed by atoms with Crippen molar-refractivity contribution in [3.63, 3.8) is 0 Å². The molecule has 2 rings (SSSR count). The topological polar surface area (TPSA) is 3.24 Å². The lowest BCUT2D eigenvalue weighted by Gasteiger charge is -2.28. The summed E-state index contributed by atoms with van der Waals surface area (Å²) in [4.78, 5) is 3.65. The molecule has 1 aromatic heterocycles. The van der Waals surface area contributed by atoms with Crippen LogP contribution in [-0.4, -0.2) is 30.7 Å². The summed E-state index contributed by atoms with van der Waals surface area (Å²) in [7, 11) is 0. The molecule has 78 valence electrons. The average Bonchev–Trinajstić information content (AvgIpc) is 2.67. The largest absolute Gasteiger partial charge is 0.300 e. The first kappa shape index (κ1) is 10.1. The van der Waals surface area contributed by atoms with E-state index in [1.165, 1.54) is 4.88 Å². The van der Waals surface area contributed by atoms with Gasteiger partial charge in [-0.3, -0.25) is 0 Å². The second-order valence-electron chi connectivity index (χ2n) is 3.87. The fraction of sp³-hybridized carbons (Fsp3) is 0.636. The van der Waals surface area contributed by atoms with Gasteiger partial charge < -0.3 is 4.90 Å². The Bertz CT molecular complexity index is 260. The number of hydrogen-bond donors (Lipinski definition) is 0. The van der Waals surface area contributed by atoms with Gasteiger partial charge in [-0.1, -0.05) is 6.07 Å². The van der Waals surface area contributed by atoms with Gasteiger partial charge in [0.25, 0.3) is 0 Å². The number of alkyl halides is 1. The minimum Gasteiger partial charge on any atom is -0.300 e. The molecule has 0 bridgehead atoms. The fourth-order valence-corrected chi connectivity index (χ4v) is 2.62. The summed E-state index contributed by atoms with van der Waals surface area (Å²) in [6.45, 7) is 2.73.